The van der Waals surface area contributed by atoms with E-state index in [0.29, 0.717) is 12.1 Å². The van der Waals surface area contributed by atoms with Crippen LogP contribution in [0, 0.1) is 6.92 Å². The van der Waals surface area contributed by atoms with E-state index in [4.69, 9.17) is 0 Å². The number of aryl methyl sites for hydroxylation is 1. The van der Waals surface area contributed by atoms with Crippen LogP contribution in [-0.4, -0.2) is 24.7 Å². The Kier molecular flexibility index (Phi) is 5.22. The summed E-state index contributed by atoms with van der Waals surface area (Å²) in [5.41, 5.74) is 3.65. The van der Waals surface area contributed by atoms with E-state index in [1.165, 1.54) is 4.31 Å². The maximum atomic E-state index is 13.4. The van der Waals surface area contributed by atoms with E-state index in [2.05, 4.69) is 5.32 Å². The number of benzene rings is 3. The molecule has 0 spiro atoms. The van der Waals surface area contributed by atoms with Crippen molar-refractivity contribution in [3.63, 3.8) is 0 Å². The number of carbonyl (C=O) groups excluding carboxylic acids is 1. The van der Waals surface area contributed by atoms with Crippen molar-refractivity contribution in [2.45, 2.75) is 30.8 Å². The van der Waals surface area contributed by atoms with Gasteiger partial charge in [-0.05, 0) is 48.7 Å². The van der Waals surface area contributed by atoms with E-state index in [1.54, 1.807) is 30.3 Å². The lowest BCUT2D eigenvalue weighted by Crippen LogP contribution is -2.50. The highest BCUT2D eigenvalue weighted by Gasteiger charge is 2.39. The predicted octanol–water partition coefficient (Wildman–Crippen LogP) is 3.75. The number of amides is 1. The van der Waals surface area contributed by atoms with Crippen LogP contribution in [0.3, 0.4) is 0 Å². The summed E-state index contributed by atoms with van der Waals surface area (Å²) in [6, 6.07) is 22.6. The maximum absolute atomic E-state index is 13.4. The minimum absolute atomic E-state index is 0.166. The van der Waals surface area contributed by atoms with Gasteiger partial charge >= 0.3 is 0 Å². The first kappa shape index (κ1) is 19.4. The molecule has 0 saturated carbocycles. The van der Waals surface area contributed by atoms with E-state index in [9.17, 15) is 13.2 Å². The van der Waals surface area contributed by atoms with Crippen LogP contribution in [0.15, 0.2) is 83.8 Å². The molecule has 3 aromatic carbocycles. The van der Waals surface area contributed by atoms with E-state index in [1.807, 2.05) is 55.5 Å². The average Bonchev–Trinajstić information content (AvgIpc) is 2.75. The van der Waals surface area contributed by atoms with Crippen LogP contribution in [-0.2, 0) is 27.8 Å². The summed E-state index contributed by atoms with van der Waals surface area (Å²) in [5.74, 6) is -0.331. The number of nitrogens with zero attached hydrogens (tertiary/aromatic N) is 1. The molecule has 0 saturated heterocycles. The molecule has 0 bridgehead atoms. The second-order valence-electron chi connectivity index (χ2n) is 7.21. The molecule has 29 heavy (non-hydrogen) atoms. The smallest absolute Gasteiger partial charge is 0.244 e. The lowest BCUT2D eigenvalue weighted by molar-refractivity contribution is -0.120. The highest BCUT2D eigenvalue weighted by molar-refractivity contribution is 7.89. The second-order valence-corrected chi connectivity index (χ2v) is 9.10. The number of anilines is 1. The number of hydrogen-bond acceptors (Lipinski definition) is 3. The number of rotatable bonds is 4. The summed E-state index contributed by atoms with van der Waals surface area (Å²) in [6.07, 6.45) is 0.333. The zero-order valence-electron chi connectivity index (χ0n) is 16.1. The Hall–Kier alpha value is -2.96. The standard InChI is InChI=1S/C23H22N2O3S/c1-17-11-13-20(14-12-17)24-23(26)22-15-18-7-5-6-8-19(18)16-25(22)29(27,28)21-9-3-2-4-10-21/h2-14,22H,15-16H2,1H3,(H,24,26)/t22-/m1/s1. The van der Waals surface area contributed by atoms with Crippen LogP contribution in [0.4, 0.5) is 5.69 Å². The van der Waals surface area contributed by atoms with E-state index < -0.39 is 16.1 Å². The molecule has 1 amide bonds. The van der Waals surface area contributed by atoms with Gasteiger partial charge in [-0.3, -0.25) is 4.79 Å². The first-order chi connectivity index (χ1) is 13.9. The van der Waals surface area contributed by atoms with Crippen molar-refractivity contribution >= 4 is 21.6 Å². The number of sulfonamides is 1. The summed E-state index contributed by atoms with van der Waals surface area (Å²) in [7, 11) is -3.83. The van der Waals surface area contributed by atoms with E-state index >= 15 is 0 Å². The van der Waals surface area contributed by atoms with Crippen LogP contribution in [0.25, 0.3) is 0 Å². The highest BCUT2D eigenvalue weighted by atomic mass is 32.2. The van der Waals surface area contributed by atoms with Crippen molar-refractivity contribution < 1.29 is 13.2 Å². The molecule has 1 aliphatic rings. The molecule has 0 aliphatic carbocycles. The van der Waals surface area contributed by atoms with E-state index in [-0.39, 0.29) is 17.3 Å². The molecule has 0 radical (unpaired) electrons. The van der Waals surface area contributed by atoms with Gasteiger partial charge in [0.2, 0.25) is 15.9 Å². The fourth-order valence-electron chi connectivity index (χ4n) is 3.57. The molecule has 0 unspecified atom stereocenters. The molecular formula is C23H22N2O3S. The van der Waals surface area contributed by atoms with Gasteiger partial charge < -0.3 is 5.32 Å². The molecule has 1 atom stereocenters. The third kappa shape index (κ3) is 3.95. The largest absolute Gasteiger partial charge is 0.325 e. The monoisotopic (exact) mass is 406 g/mol. The Morgan fingerprint density at radius 2 is 1.52 bits per heavy atom. The summed E-state index contributed by atoms with van der Waals surface area (Å²) < 4.78 is 28.0. The van der Waals surface area contributed by atoms with Crippen LogP contribution in [0.1, 0.15) is 16.7 Å². The Labute approximate surface area is 171 Å². The molecule has 4 rings (SSSR count). The van der Waals surface area contributed by atoms with Crippen molar-refractivity contribution in [2.75, 3.05) is 5.32 Å². The van der Waals surface area contributed by atoms with Crippen molar-refractivity contribution in [3.05, 3.63) is 95.6 Å². The minimum Gasteiger partial charge on any atom is -0.325 e. The Morgan fingerprint density at radius 1 is 0.897 bits per heavy atom. The topological polar surface area (TPSA) is 66.5 Å². The van der Waals surface area contributed by atoms with Gasteiger partial charge in [0, 0.05) is 12.2 Å². The molecule has 0 fully saturated rings. The molecule has 1 aliphatic heterocycles. The quantitative estimate of drug-likeness (QED) is 0.718. The molecular weight excluding hydrogens is 384 g/mol. The Balaban J connectivity index is 1.70. The van der Waals surface area contributed by atoms with Crippen molar-refractivity contribution in [2.24, 2.45) is 0 Å². The normalized spacial score (nSPS) is 16.8. The molecule has 3 aromatic rings. The van der Waals surface area contributed by atoms with Gasteiger partial charge in [0.15, 0.2) is 0 Å². The third-order valence-corrected chi connectivity index (χ3v) is 7.05. The van der Waals surface area contributed by atoms with Gasteiger partial charge in [-0.2, -0.15) is 4.31 Å². The van der Waals surface area contributed by atoms with Crippen LogP contribution in [0.5, 0.6) is 0 Å². The molecule has 5 nitrogen and oxygen atoms in total. The van der Waals surface area contributed by atoms with E-state index in [0.717, 1.165) is 16.7 Å². The van der Waals surface area contributed by atoms with Crippen LogP contribution in [0.2, 0.25) is 0 Å². The fourth-order valence-corrected chi connectivity index (χ4v) is 5.15. The molecule has 6 heteroatoms. The predicted molar refractivity (Wildman–Crippen MR) is 113 cm³/mol. The first-order valence-corrected chi connectivity index (χ1v) is 10.9. The maximum Gasteiger partial charge on any atom is 0.244 e. The van der Waals surface area contributed by atoms with Gasteiger partial charge in [0.25, 0.3) is 0 Å². The number of carbonyl (C=O) groups is 1. The SMILES string of the molecule is Cc1ccc(NC(=O)[C@H]2Cc3ccccc3CN2S(=O)(=O)c2ccccc2)cc1. The lowest BCUT2D eigenvalue weighted by Gasteiger charge is -2.35. The summed E-state index contributed by atoms with van der Waals surface area (Å²) >= 11 is 0. The van der Waals surface area contributed by atoms with Crippen LogP contribution >= 0.6 is 0 Å². The summed E-state index contributed by atoms with van der Waals surface area (Å²) in [5, 5.41) is 2.88. The van der Waals surface area contributed by atoms with Gasteiger partial charge in [0.1, 0.15) is 6.04 Å². The van der Waals surface area contributed by atoms with Gasteiger partial charge in [-0.1, -0.05) is 60.2 Å². The molecule has 1 heterocycles. The van der Waals surface area contributed by atoms with Crippen LogP contribution < -0.4 is 5.32 Å². The van der Waals surface area contributed by atoms with Crippen molar-refractivity contribution in [1.82, 2.24) is 4.31 Å². The zero-order chi connectivity index (χ0) is 20.4. The fraction of sp³-hybridized carbons (Fsp3) is 0.174. The van der Waals surface area contributed by atoms with Gasteiger partial charge in [-0.25, -0.2) is 8.42 Å². The van der Waals surface area contributed by atoms with Crippen molar-refractivity contribution in [1.29, 1.82) is 0 Å². The Bertz CT molecular complexity index is 1130. The molecule has 0 aromatic heterocycles. The average molecular weight is 407 g/mol. The Morgan fingerprint density at radius 3 is 2.21 bits per heavy atom. The minimum atomic E-state index is -3.83. The van der Waals surface area contributed by atoms with Gasteiger partial charge in [-0.15, -0.1) is 0 Å². The molecule has 1 N–H and O–H groups in total. The number of nitrogens with one attached hydrogen (secondary N) is 1. The summed E-state index contributed by atoms with van der Waals surface area (Å²) in [4.78, 5) is 13.3. The second kappa shape index (κ2) is 7.81. The zero-order valence-corrected chi connectivity index (χ0v) is 16.9. The van der Waals surface area contributed by atoms with Crippen molar-refractivity contribution in [3.8, 4) is 0 Å². The summed E-state index contributed by atoms with van der Waals surface area (Å²) in [6.45, 7) is 2.14. The third-order valence-electron chi connectivity index (χ3n) is 5.18. The molecule has 148 valence electrons. The van der Waals surface area contributed by atoms with Gasteiger partial charge in [0.05, 0.1) is 4.90 Å². The number of hydrogen-bond donors (Lipinski definition) is 1. The number of fused-ring (bicyclic) bond motifs is 1. The lowest BCUT2D eigenvalue weighted by atomic mass is 9.95. The first-order valence-electron chi connectivity index (χ1n) is 9.46. The highest BCUT2D eigenvalue weighted by Crippen LogP contribution is 2.29.